The lowest BCUT2D eigenvalue weighted by Crippen LogP contribution is -2.48. The normalized spacial score (nSPS) is 25.3. The van der Waals surface area contributed by atoms with Crippen LogP contribution in [0.4, 0.5) is 0 Å². The Kier molecular flexibility index (Phi) is 3.19. The minimum Gasteiger partial charge on any atom is -0.480 e. The third-order valence-corrected chi connectivity index (χ3v) is 3.81. The van der Waals surface area contributed by atoms with Gasteiger partial charge in [-0.1, -0.05) is 0 Å². The number of aliphatic carboxylic acids is 1. The molecule has 1 N–H and O–H groups in total. The molecule has 0 spiro atoms. The Labute approximate surface area is 101 Å². The van der Waals surface area contributed by atoms with Crippen molar-refractivity contribution in [1.29, 1.82) is 0 Å². The Morgan fingerprint density at radius 1 is 1.65 bits per heavy atom. The minimum absolute atomic E-state index is 0.682. The molecule has 1 fully saturated rings. The Balaban J connectivity index is 2.00. The van der Waals surface area contributed by atoms with E-state index in [-0.39, 0.29) is 0 Å². The van der Waals surface area contributed by atoms with Gasteiger partial charge in [0, 0.05) is 31.9 Å². The number of nitrogens with zero attached hydrogens (tertiary/aromatic N) is 3. The van der Waals surface area contributed by atoms with Crippen molar-refractivity contribution in [3.63, 3.8) is 0 Å². The van der Waals surface area contributed by atoms with E-state index in [4.69, 9.17) is 0 Å². The van der Waals surface area contributed by atoms with Gasteiger partial charge in [0.1, 0.15) is 5.54 Å². The quantitative estimate of drug-likeness (QED) is 0.845. The maximum atomic E-state index is 11.3. The predicted molar refractivity (Wildman–Crippen MR) is 63.8 cm³/mol. The molecular weight excluding hydrogens is 218 g/mol. The van der Waals surface area contributed by atoms with Crippen LogP contribution in [0.25, 0.3) is 0 Å². The molecule has 0 radical (unpaired) electrons. The summed E-state index contributed by atoms with van der Waals surface area (Å²) in [6, 6.07) is 1.98. The highest BCUT2D eigenvalue weighted by molar-refractivity contribution is 5.78. The standard InChI is InChI=1S/C12H19N3O2/c1-12(11(16)17)6-3-8-15(12)9-5-10-4-7-13-14(10)2/h4,7H,3,5-6,8-9H2,1-2H3,(H,16,17). The lowest BCUT2D eigenvalue weighted by molar-refractivity contribution is -0.148. The molecule has 1 aliphatic rings. The second-order valence-corrected chi connectivity index (χ2v) is 4.87. The molecule has 5 nitrogen and oxygen atoms in total. The summed E-state index contributed by atoms with van der Waals surface area (Å²) in [5.74, 6) is -0.708. The summed E-state index contributed by atoms with van der Waals surface area (Å²) in [6.07, 6.45) is 4.33. The number of likely N-dealkylation sites (tertiary alicyclic amines) is 1. The van der Waals surface area contributed by atoms with Gasteiger partial charge in [-0.15, -0.1) is 0 Å². The Morgan fingerprint density at radius 2 is 2.41 bits per heavy atom. The number of aryl methyl sites for hydroxylation is 1. The predicted octanol–water partition coefficient (Wildman–Crippen LogP) is 0.902. The molecule has 0 bridgehead atoms. The van der Waals surface area contributed by atoms with E-state index in [1.165, 1.54) is 0 Å². The number of carboxylic acids is 1. The third kappa shape index (κ3) is 2.20. The van der Waals surface area contributed by atoms with Crippen LogP contribution in [0.2, 0.25) is 0 Å². The molecule has 0 aliphatic carbocycles. The molecular formula is C12H19N3O2. The number of rotatable bonds is 4. The molecule has 5 heteroatoms. The minimum atomic E-state index is -0.708. The lowest BCUT2D eigenvalue weighted by atomic mass is 9.99. The van der Waals surface area contributed by atoms with Gasteiger partial charge in [0.15, 0.2) is 0 Å². The number of aromatic nitrogens is 2. The fraction of sp³-hybridized carbons (Fsp3) is 0.667. The van der Waals surface area contributed by atoms with Gasteiger partial charge < -0.3 is 5.11 Å². The zero-order valence-electron chi connectivity index (χ0n) is 10.4. The SMILES string of the molecule is Cn1nccc1CCN1CCCC1(C)C(=O)O. The van der Waals surface area contributed by atoms with Gasteiger partial charge in [0.25, 0.3) is 0 Å². The molecule has 1 aromatic rings. The molecule has 1 atom stereocenters. The van der Waals surface area contributed by atoms with Gasteiger partial charge in [-0.2, -0.15) is 5.10 Å². The molecule has 17 heavy (non-hydrogen) atoms. The number of hydrogen-bond acceptors (Lipinski definition) is 3. The van der Waals surface area contributed by atoms with E-state index in [2.05, 4.69) is 10.00 Å². The van der Waals surface area contributed by atoms with Crippen molar-refractivity contribution in [3.8, 4) is 0 Å². The van der Waals surface area contributed by atoms with E-state index in [0.717, 1.165) is 38.0 Å². The first-order valence-electron chi connectivity index (χ1n) is 5.99. The fourth-order valence-electron chi connectivity index (χ4n) is 2.52. The van der Waals surface area contributed by atoms with Crippen LogP contribution in [0.15, 0.2) is 12.3 Å². The highest BCUT2D eigenvalue weighted by atomic mass is 16.4. The van der Waals surface area contributed by atoms with Crippen LogP contribution < -0.4 is 0 Å². The van der Waals surface area contributed by atoms with Gasteiger partial charge in [-0.25, -0.2) is 0 Å². The van der Waals surface area contributed by atoms with E-state index >= 15 is 0 Å². The average Bonchev–Trinajstić information content (AvgIpc) is 2.83. The van der Waals surface area contributed by atoms with Gasteiger partial charge >= 0.3 is 5.97 Å². The summed E-state index contributed by atoms with van der Waals surface area (Å²) < 4.78 is 1.84. The van der Waals surface area contributed by atoms with Crippen molar-refractivity contribution >= 4 is 5.97 Å². The highest BCUT2D eigenvalue weighted by Crippen LogP contribution is 2.29. The van der Waals surface area contributed by atoms with Gasteiger partial charge in [-0.05, 0) is 32.4 Å². The summed E-state index contributed by atoms with van der Waals surface area (Å²) in [7, 11) is 1.91. The summed E-state index contributed by atoms with van der Waals surface area (Å²) in [5, 5.41) is 13.4. The van der Waals surface area contributed by atoms with Crippen molar-refractivity contribution in [2.75, 3.05) is 13.1 Å². The van der Waals surface area contributed by atoms with Crippen molar-refractivity contribution in [1.82, 2.24) is 14.7 Å². The second-order valence-electron chi connectivity index (χ2n) is 4.87. The second kappa shape index (κ2) is 4.49. The summed E-state index contributed by atoms with van der Waals surface area (Å²) >= 11 is 0. The van der Waals surface area contributed by atoms with E-state index in [9.17, 15) is 9.90 Å². The molecule has 1 saturated heterocycles. The number of carbonyl (C=O) groups is 1. The van der Waals surface area contributed by atoms with Crippen LogP contribution in [0.5, 0.6) is 0 Å². The number of carboxylic acid groups (broad SMARTS) is 1. The van der Waals surface area contributed by atoms with Gasteiger partial charge in [0.2, 0.25) is 0 Å². The first kappa shape index (κ1) is 12.1. The fourth-order valence-corrected chi connectivity index (χ4v) is 2.52. The van der Waals surface area contributed by atoms with Crippen molar-refractivity contribution in [2.45, 2.75) is 31.7 Å². The maximum Gasteiger partial charge on any atom is 0.323 e. The highest BCUT2D eigenvalue weighted by Gasteiger charge is 2.42. The average molecular weight is 237 g/mol. The van der Waals surface area contributed by atoms with Crippen LogP contribution in [-0.2, 0) is 18.3 Å². The van der Waals surface area contributed by atoms with Crippen LogP contribution in [0.3, 0.4) is 0 Å². The Morgan fingerprint density at radius 3 is 3.00 bits per heavy atom. The summed E-state index contributed by atoms with van der Waals surface area (Å²) in [5.41, 5.74) is 0.461. The van der Waals surface area contributed by atoms with Crippen molar-refractivity contribution < 1.29 is 9.90 Å². The van der Waals surface area contributed by atoms with Gasteiger partial charge in [0.05, 0.1) is 0 Å². The van der Waals surface area contributed by atoms with Crippen molar-refractivity contribution in [3.05, 3.63) is 18.0 Å². The molecule has 1 aromatic heterocycles. The molecule has 0 saturated carbocycles. The zero-order chi connectivity index (χ0) is 12.5. The molecule has 0 amide bonds. The first-order valence-corrected chi connectivity index (χ1v) is 5.99. The molecule has 0 aromatic carbocycles. The monoisotopic (exact) mass is 237 g/mol. The van der Waals surface area contributed by atoms with Crippen LogP contribution in [-0.4, -0.2) is 44.4 Å². The topological polar surface area (TPSA) is 58.4 Å². The van der Waals surface area contributed by atoms with E-state index < -0.39 is 11.5 Å². The zero-order valence-corrected chi connectivity index (χ0v) is 10.4. The summed E-state index contributed by atoms with van der Waals surface area (Å²) in [6.45, 7) is 3.48. The molecule has 1 aliphatic heterocycles. The van der Waals surface area contributed by atoms with E-state index in [1.54, 1.807) is 6.20 Å². The molecule has 2 heterocycles. The largest absolute Gasteiger partial charge is 0.480 e. The first-order chi connectivity index (χ1) is 8.04. The number of hydrogen-bond donors (Lipinski definition) is 1. The van der Waals surface area contributed by atoms with Crippen LogP contribution in [0, 0.1) is 0 Å². The molecule has 1 unspecified atom stereocenters. The van der Waals surface area contributed by atoms with Gasteiger partial charge in [-0.3, -0.25) is 14.4 Å². The van der Waals surface area contributed by atoms with E-state index in [1.807, 2.05) is 24.7 Å². The Hall–Kier alpha value is -1.36. The Bertz CT molecular complexity index is 416. The van der Waals surface area contributed by atoms with Crippen LogP contribution in [0.1, 0.15) is 25.5 Å². The summed E-state index contributed by atoms with van der Waals surface area (Å²) in [4.78, 5) is 13.4. The molecule has 2 rings (SSSR count). The molecule has 94 valence electrons. The smallest absolute Gasteiger partial charge is 0.323 e. The maximum absolute atomic E-state index is 11.3. The van der Waals surface area contributed by atoms with Crippen molar-refractivity contribution in [2.24, 2.45) is 7.05 Å². The third-order valence-electron chi connectivity index (χ3n) is 3.81. The van der Waals surface area contributed by atoms with E-state index in [0.29, 0.717) is 0 Å². The van der Waals surface area contributed by atoms with Crippen LogP contribution >= 0.6 is 0 Å². The lowest BCUT2D eigenvalue weighted by Gasteiger charge is -2.31.